The van der Waals surface area contributed by atoms with E-state index in [0.717, 1.165) is 59.6 Å². The van der Waals surface area contributed by atoms with Crippen molar-refractivity contribution in [3.63, 3.8) is 0 Å². The summed E-state index contributed by atoms with van der Waals surface area (Å²) in [6.07, 6.45) is 5.67. The summed E-state index contributed by atoms with van der Waals surface area (Å²) in [5.74, 6) is 7.93. The second-order valence-corrected chi connectivity index (χ2v) is 10.0. The molecule has 1 amide bonds. The Bertz CT molecular complexity index is 1490. The summed E-state index contributed by atoms with van der Waals surface area (Å²) < 4.78 is 24.2. The molecule has 1 aliphatic heterocycles. The molecule has 0 bridgehead atoms. The van der Waals surface area contributed by atoms with Crippen LogP contribution in [-0.2, 0) is 27.3 Å². The zero-order chi connectivity index (χ0) is 29.1. The zero-order valence-corrected chi connectivity index (χ0v) is 23.6. The summed E-state index contributed by atoms with van der Waals surface area (Å²) in [7, 11) is 0. The number of aromatic nitrogens is 3. The van der Waals surface area contributed by atoms with Gasteiger partial charge < -0.3 is 34.4 Å². The van der Waals surface area contributed by atoms with Crippen LogP contribution in [0.1, 0.15) is 60.5 Å². The molecule has 4 aromatic rings. The third kappa shape index (κ3) is 8.30. The molecule has 218 valence electrons. The number of nitrogens with two attached hydrogens (primary N) is 1. The van der Waals surface area contributed by atoms with Gasteiger partial charge in [-0.3, -0.25) is 0 Å². The van der Waals surface area contributed by atoms with Crippen molar-refractivity contribution in [2.75, 3.05) is 19.8 Å². The molecular formula is C32H35N5O5. The first kappa shape index (κ1) is 29.1. The predicted molar refractivity (Wildman–Crippen MR) is 156 cm³/mol. The van der Waals surface area contributed by atoms with Gasteiger partial charge in [0.1, 0.15) is 24.2 Å². The van der Waals surface area contributed by atoms with E-state index in [1.165, 1.54) is 0 Å². The van der Waals surface area contributed by atoms with E-state index >= 15 is 0 Å². The van der Waals surface area contributed by atoms with Crippen molar-refractivity contribution in [3.05, 3.63) is 95.2 Å². The quantitative estimate of drug-likeness (QED) is 0.195. The van der Waals surface area contributed by atoms with Gasteiger partial charge in [0.05, 0.1) is 6.54 Å². The van der Waals surface area contributed by atoms with Crippen LogP contribution >= 0.6 is 0 Å². The highest BCUT2D eigenvalue weighted by atomic mass is 16.7. The van der Waals surface area contributed by atoms with Gasteiger partial charge in [-0.25, -0.2) is 9.78 Å². The Morgan fingerprint density at radius 1 is 1.14 bits per heavy atom. The summed E-state index contributed by atoms with van der Waals surface area (Å²) in [6, 6.07) is 17.8. The Hall–Kier alpha value is -4.43. The largest absolute Gasteiger partial charge is 0.448 e. The standard InChI is InChI=1S/C32H35N5O5/c1-23(41-30-4-2-3-18-39-30)31-35-15-17-37(31)22-28-20-29(42-36-28)27-13-11-25(12-14-27)6-5-24-7-9-26(10-8-24)21-34-16-19-40-32(33)38/h7-15,17,20,23,30,34H,2-4,16,18-19,21-22H2,1H3,(H2,33,38). The fourth-order valence-electron chi connectivity index (χ4n) is 4.64. The van der Waals surface area contributed by atoms with Crippen LogP contribution in [0.15, 0.2) is 71.5 Å². The minimum atomic E-state index is -0.765. The van der Waals surface area contributed by atoms with Crippen molar-refractivity contribution in [3.8, 4) is 23.2 Å². The molecule has 0 aliphatic carbocycles. The maximum absolute atomic E-state index is 10.6. The van der Waals surface area contributed by atoms with Crippen LogP contribution in [-0.4, -0.2) is 46.8 Å². The molecule has 10 nitrogen and oxygen atoms in total. The lowest BCUT2D eigenvalue weighted by atomic mass is 10.1. The van der Waals surface area contributed by atoms with Crippen LogP contribution in [0.5, 0.6) is 0 Å². The van der Waals surface area contributed by atoms with Gasteiger partial charge in [0.15, 0.2) is 12.1 Å². The smallest absolute Gasteiger partial charge is 0.404 e. The Kier molecular flexibility index (Phi) is 10.0. The number of hydrogen-bond donors (Lipinski definition) is 2. The number of benzene rings is 2. The van der Waals surface area contributed by atoms with Gasteiger partial charge >= 0.3 is 6.09 Å². The lowest BCUT2D eigenvalue weighted by Crippen LogP contribution is -2.24. The summed E-state index contributed by atoms with van der Waals surface area (Å²) in [6.45, 7) is 4.71. The molecule has 5 rings (SSSR count). The monoisotopic (exact) mass is 569 g/mol. The first-order valence-electron chi connectivity index (χ1n) is 14.1. The van der Waals surface area contributed by atoms with E-state index in [2.05, 4.69) is 27.3 Å². The Morgan fingerprint density at radius 2 is 1.90 bits per heavy atom. The minimum Gasteiger partial charge on any atom is -0.448 e. The number of hydrogen-bond acceptors (Lipinski definition) is 8. The number of imidazole rings is 1. The average molecular weight is 570 g/mol. The number of ether oxygens (including phenoxy) is 3. The second kappa shape index (κ2) is 14.5. The first-order chi connectivity index (χ1) is 20.5. The van der Waals surface area contributed by atoms with Crippen LogP contribution in [0.2, 0.25) is 0 Å². The molecule has 3 heterocycles. The van der Waals surface area contributed by atoms with Gasteiger partial charge in [0, 0.05) is 54.8 Å². The second-order valence-electron chi connectivity index (χ2n) is 10.0. The van der Waals surface area contributed by atoms with E-state index in [4.69, 9.17) is 24.5 Å². The van der Waals surface area contributed by atoms with Gasteiger partial charge in [-0.2, -0.15) is 0 Å². The highest BCUT2D eigenvalue weighted by Gasteiger charge is 2.21. The summed E-state index contributed by atoms with van der Waals surface area (Å²) in [4.78, 5) is 15.1. The van der Waals surface area contributed by atoms with Crippen molar-refractivity contribution >= 4 is 6.09 Å². The maximum atomic E-state index is 10.6. The Morgan fingerprint density at radius 3 is 2.62 bits per heavy atom. The highest BCUT2D eigenvalue weighted by Crippen LogP contribution is 2.25. The van der Waals surface area contributed by atoms with Gasteiger partial charge in [-0.15, -0.1) is 0 Å². The van der Waals surface area contributed by atoms with Crippen molar-refractivity contribution in [2.45, 2.75) is 51.7 Å². The van der Waals surface area contributed by atoms with E-state index in [0.29, 0.717) is 25.4 Å². The van der Waals surface area contributed by atoms with E-state index in [1.807, 2.05) is 72.3 Å². The van der Waals surface area contributed by atoms with E-state index in [9.17, 15) is 4.79 Å². The van der Waals surface area contributed by atoms with Gasteiger partial charge in [0.25, 0.3) is 0 Å². The Balaban J connectivity index is 1.13. The van der Waals surface area contributed by atoms with E-state index in [-0.39, 0.29) is 19.0 Å². The number of carbonyl (C=O) groups is 1. The topological polar surface area (TPSA) is 127 Å². The van der Waals surface area contributed by atoms with Crippen LogP contribution < -0.4 is 11.1 Å². The number of primary amides is 1. The lowest BCUT2D eigenvalue weighted by Gasteiger charge is -2.26. The Labute approximate surface area is 245 Å². The van der Waals surface area contributed by atoms with Crippen LogP contribution in [0.4, 0.5) is 4.79 Å². The molecule has 0 radical (unpaired) electrons. The van der Waals surface area contributed by atoms with Crippen molar-refractivity contribution in [2.24, 2.45) is 5.73 Å². The van der Waals surface area contributed by atoms with E-state index < -0.39 is 6.09 Å². The molecule has 0 spiro atoms. The molecule has 2 atom stereocenters. The number of nitrogens with one attached hydrogen (secondary N) is 1. The van der Waals surface area contributed by atoms with Gasteiger partial charge in [-0.1, -0.05) is 29.1 Å². The zero-order valence-electron chi connectivity index (χ0n) is 23.6. The fourth-order valence-corrected chi connectivity index (χ4v) is 4.64. The predicted octanol–water partition coefficient (Wildman–Crippen LogP) is 4.78. The minimum absolute atomic E-state index is 0.179. The van der Waals surface area contributed by atoms with E-state index in [1.54, 1.807) is 6.20 Å². The number of rotatable bonds is 11. The molecule has 2 unspecified atom stereocenters. The molecule has 2 aromatic heterocycles. The average Bonchev–Trinajstić information content (AvgIpc) is 3.67. The molecule has 0 saturated carbocycles. The molecule has 1 saturated heterocycles. The number of amides is 1. The van der Waals surface area contributed by atoms with Gasteiger partial charge in [0.2, 0.25) is 0 Å². The highest BCUT2D eigenvalue weighted by molar-refractivity contribution is 5.64. The third-order valence-corrected chi connectivity index (χ3v) is 6.82. The van der Waals surface area contributed by atoms with Gasteiger partial charge in [-0.05, 0) is 68.1 Å². The van der Waals surface area contributed by atoms with Crippen molar-refractivity contribution in [1.29, 1.82) is 0 Å². The molecule has 2 aromatic carbocycles. The van der Waals surface area contributed by atoms with Crippen LogP contribution in [0, 0.1) is 11.8 Å². The normalized spacial score (nSPS) is 15.5. The van der Waals surface area contributed by atoms with Crippen LogP contribution in [0.25, 0.3) is 11.3 Å². The molecule has 3 N–H and O–H groups in total. The third-order valence-electron chi connectivity index (χ3n) is 6.82. The maximum Gasteiger partial charge on any atom is 0.404 e. The molecule has 1 fully saturated rings. The molecule has 10 heteroatoms. The summed E-state index contributed by atoms with van der Waals surface area (Å²) in [5, 5.41) is 7.47. The van der Waals surface area contributed by atoms with Crippen LogP contribution in [0.3, 0.4) is 0 Å². The molecule has 42 heavy (non-hydrogen) atoms. The van der Waals surface area contributed by atoms with Crippen molar-refractivity contribution < 1.29 is 23.5 Å². The van der Waals surface area contributed by atoms with Crippen molar-refractivity contribution in [1.82, 2.24) is 20.0 Å². The number of carbonyl (C=O) groups excluding carboxylic acids is 1. The fraction of sp³-hybridized carbons (Fsp3) is 0.344. The number of nitrogens with zero attached hydrogens (tertiary/aromatic N) is 3. The molecule has 1 aliphatic rings. The first-order valence-corrected chi connectivity index (χ1v) is 14.1. The SMILES string of the molecule is CC(OC1CCCCO1)c1nccn1Cc1cc(-c2ccc(C#Cc3ccc(CNCCOC(N)=O)cc3)cc2)on1. The summed E-state index contributed by atoms with van der Waals surface area (Å²) >= 11 is 0. The lowest BCUT2D eigenvalue weighted by molar-refractivity contribution is -0.188. The molecular weight excluding hydrogens is 534 g/mol. The summed E-state index contributed by atoms with van der Waals surface area (Å²) in [5.41, 5.74) is 9.60.